The van der Waals surface area contributed by atoms with E-state index in [1.54, 1.807) is 6.07 Å². The molecule has 114 valence electrons. The molecule has 3 nitrogen and oxygen atoms in total. The second-order valence-corrected chi connectivity index (χ2v) is 6.86. The van der Waals surface area contributed by atoms with Crippen LogP contribution in [0, 0.1) is 17.7 Å². The third-order valence-electron chi connectivity index (χ3n) is 4.93. The average Bonchev–Trinajstić information content (AvgIpc) is 3.17. The molecule has 1 aromatic rings. The molecule has 2 unspecified atom stereocenters. The lowest BCUT2D eigenvalue weighted by Gasteiger charge is -2.29. The van der Waals surface area contributed by atoms with Crippen LogP contribution in [0.2, 0.25) is 0 Å². The molecule has 1 spiro atoms. The molecule has 1 aliphatic carbocycles. The summed E-state index contributed by atoms with van der Waals surface area (Å²) in [6.07, 6.45) is 1.59. The number of amides is 1. The molecule has 0 radical (unpaired) electrons. The molecule has 1 aromatic carbocycles. The molecule has 21 heavy (non-hydrogen) atoms. The summed E-state index contributed by atoms with van der Waals surface area (Å²) in [6.45, 7) is 7.22. The van der Waals surface area contributed by atoms with Gasteiger partial charge in [-0.2, -0.15) is 0 Å². The summed E-state index contributed by atoms with van der Waals surface area (Å²) in [5.41, 5.74) is 0.469. The number of carbonyl (C=O) groups is 1. The summed E-state index contributed by atoms with van der Waals surface area (Å²) in [5.74, 6) is 0.863. The molecule has 1 aliphatic heterocycles. The van der Waals surface area contributed by atoms with E-state index in [4.69, 9.17) is 0 Å². The SMILES string of the molecule is CC(C)C(C)CN1C(=O)C2(CC2)NC1c1cccc(F)c1. The lowest BCUT2D eigenvalue weighted by Crippen LogP contribution is -2.36. The number of hydrogen-bond donors (Lipinski definition) is 1. The van der Waals surface area contributed by atoms with Crippen LogP contribution in [0.1, 0.15) is 45.3 Å². The van der Waals surface area contributed by atoms with Crippen molar-refractivity contribution >= 4 is 5.91 Å². The Balaban J connectivity index is 1.88. The fourth-order valence-electron chi connectivity index (χ4n) is 2.93. The van der Waals surface area contributed by atoms with Gasteiger partial charge in [-0.05, 0) is 42.4 Å². The van der Waals surface area contributed by atoms with Crippen LogP contribution in [-0.2, 0) is 4.79 Å². The van der Waals surface area contributed by atoms with Crippen molar-refractivity contribution in [1.82, 2.24) is 10.2 Å². The number of halogens is 1. The van der Waals surface area contributed by atoms with E-state index >= 15 is 0 Å². The Morgan fingerprint density at radius 2 is 2.10 bits per heavy atom. The van der Waals surface area contributed by atoms with Crippen LogP contribution < -0.4 is 5.32 Å². The highest BCUT2D eigenvalue weighted by Crippen LogP contribution is 2.46. The Hall–Kier alpha value is -1.42. The van der Waals surface area contributed by atoms with E-state index in [1.807, 2.05) is 11.0 Å². The van der Waals surface area contributed by atoms with Crippen LogP contribution in [0.5, 0.6) is 0 Å². The molecular weight excluding hydrogens is 267 g/mol. The van der Waals surface area contributed by atoms with Gasteiger partial charge in [0.05, 0.1) is 0 Å². The van der Waals surface area contributed by atoms with Gasteiger partial charge in [-0.25, -0.2) is 4.39 Å². The van der Waals surface area contributed by atoms with E-state index in [1.165, 1.54) is 12.1 Å². The van der Waals surface area contributed by atoms with Crippen LogP contribution in [0.25, 0.3) is 0 Å². The highest BCUT2D eigenvalue weighted by atomic mass is 19.1. The molecule has 4 heteroatoms. The third-order valence-corrected chi connectivity index (χ3v) is 4.93. The molecule has 1 saturated heterocycles. The van der Waals surface area contributed by atoms with Crippen molar-refractivity contribution in [2.45, 2.75) is 45.3 Å². The Bertz CT molecular complexity index is 553. The van der Waals surface area contributed by atoms with E-state index < -0.39 is 0 Å². The lowest BCUT2D eigenvalue weighted by atomic mass is 9.97. The molecule has 2 fully saturated rings. The molecule has 2 atom stereocenters. The zero-order chi connectivity index (χ0) is 15.2. The Morgan fingerprint density at radius 3 is 2.67 bits per heavy atom. The molecule has 0 aromatic heterocycles. The Labute approximate surface area is 125 Å². The first kappa shape index (κ1) is 14.5. The van der Waals surface area contributed by atoms with E-state index in [0.717, 1.165) is 18.4 Å². The Kier molecular flexibility index (Phi) is 3.52. The van der Waals surface area contributed by atoms with E-state index in [2.05, 4.69) is 26.1 Å². The van der Waals surface area contributed by atoms with Crippen LogP contribution in [0.3, 0.4) is 0 Å². The molecule has 1 saturated carbocycles. The van der Waals surface area contributed by atoms with Gasteiger partial charge in [0.2, 0.25) is 5.91 Å². The third kappa shape index (κ3) is 2.57. The average molecular weight is 290 g/mol. The van der Waals surface area contributed by atoms with E-state index in [0.29, 0.717) is 18.4 Å². The number of hydrogen-bond acceptors (Lipinski definition) is 2. The summed E-state index contributed by atoms with van der Waals surface area (Å²) < 4.78 is 13.5. The summed E-state index contributed by atoms with van der Waals surface area (Å²) >= 11 is 0. The minimum absolute atomic E-state index is 0.185. The predicted molar refractivity (Wildman–Crippen MR) is 80.0 cm³/mol. The van der Waals surface area contributed by atoms with Gasteiger partial charge in [-0.15, -0.1) is 0 Å². The quantitative estimate of drug-likeness (QED) is 0.924. The van der Waals surface area contributed by atoms with Gasteiger partial charge in [0.1, 0.15) is 17.5 Å². The Morgan fingerprint density at radius 1 is 1.38 bits per heavy atom. The van der Waals surface area contributed by atoms with Gasteiger partial charge in [-0.3, -0.25) is 10.1 Å². The van der Waals surface area contributed by atoms with Crippen molar-refractivity contribution in [1.29, 1.82) is 0 Å². The van der Waals surface area contributed by atoms with Crippen LogP contribution in [0.4, 0.5) is 4.39 Å². The maximum Gasteiger partial charge on any atom is 0.244 e. The molecule has 1 N–H and O–H groups in total. The second kappa shape index (κ2) is 5.09. The smallest absolute Gasteiger partial charge is 0.244 e. The van der Waals surface area contributed by atoms with Gasteiger partial charge in [0.15, 0.2) is 0 Å². The predicted octanol–water partition coefficient (Wildman–Crippen LogP) is 3.08. The van der Waals surface area contributed by atoms with Crippen LogP contribution in [-0.4, -0.2) is 22.9 Å². The molecule has 1 heterocycles. The number of nitrogens with one attached hydrogen (secondary N) is 1. The normalized spacial score (nSPS) is 24.9. The zero-order valence-corrected chi connectivity index (χ0v) is 12.9. The minimum Gasteiger partial charge on any atom is -0.321 e. The fraction of sp³-hybridized carbons (Fsp3) is 0.588. The molecular formula is C17H23FN2O. The summed E-state index contributed by atoms with van der Waals surface area (Å²) in [7, 11) is 0. The molecule has 1 amide bonds. The first-order valence-corrected chi connectivity index (χ1v) is 7.77. The van der Waals surface area contributed by atoms with E-state index in [-0.39, 0.29) is 23.4 Å². The topological polar surface area (TPSA) is 32.3 Å². The molecule has 3 rings (SSSR count). The second-order valence-electron chi connectivity index (χ2n) is 6.86. The van der Waals surface area contributed by atoms with Crippen LogP contribution >= 0.6 is 0 Å². The number of benzene rings is 1. The largest absolute Gasteiger partial charge is 0.321 e. The van der Waals surface area contributed by atoms with Crippen molar-refractivity contribution in [3.05, 3.63) is 35.6 Å². The maximum atomic E-state index is 13.5. The monoisotopic (exact) mass is 290 g/mol. The lowest BCUT2D eigenvalue weighted by molar-refractivity contribution is -0.131. The van der Waals surface area contributed by atoms with Gasteiger partial charge in [-0.1, -0.05) is 32.9 Å². The van der Waals surface area contributed by atoms with Crippen molar-refractivity contribution in [3.8, 4) is 0 Å². The standard InChI is InChI=1S/C17H23FN2O/c1-11(2)12(3)10-20-15(13-5-4-6-14(18)9-13)19-17(7-8-17)16(20)21/h4-6,9,11-12,15,19H,7-8,10H2,1-3H3. The first-order valence-electron chi connectivity index (χ1n) is 7.77. The summed E-state index contributed by atoms with van der Waals surface area (Å²) in [5, 5.41) is 3.44. The van der Waals surface area contributed by atoms with Crippen LogP contribution in [0.15, 0.2) is 24.3 Å². The number of carbonyl (C=O) groups excluding carboxylic acids is 1. The van der Waals surface area contributed by atoms with Crippen molar-refractivity contribution in [3.63, 3.8) is 0 Å². The van der Waals surface area contributed by atoms with Crippen molar-refractivity contribution < 1.29 is 9.18 Å². The number of rotatable bonds is 4. The van der Waals surface area contributed by atoms with Crippen molar-refractivity contribution in [2.75, 3.05) is 6.54 Å². The summed E-state index contributed by atoms with van der Waals surface area (Å²) in [6, 6.07) is 6.56. The highest BCUT2D eigenvalue weighted by molar-refractivity contribution is 5.92. The van der Waals surface area contributed by atoms with Gasteiger partial charge in [0.25, 0.3) is 0 Å². The fourth-order valence-corrected chi connectivity index (χ4v) is 2.93. The molecule has 2 aliphatic rings. The summed E-state index contributed by atoms with van der Waals surface area (Å²) in [4.78, 5) is 14.6. The van der Waals surface area contributed by atoms with E-state index in [9.17, 15) is 9.18 Å². The zero-order valence-electron chi connectivity index (χ0n) is 12.9. The maximum absolute atomic E-state index is 13.5. The number of nitrogens with zero attached hydrogens (tertiary/aromatic N) is 1. The van der Waals surface area contributed by atoms with Crippen molar-refractivity contribution in [2.24, 2.45) is 11.8 Å². The minimum atomic E-state index is -0.367. The highest BCUT2D eigenvalue weighted by Gasteiger charge is 2.59. The van der Waals surface area contributed by atoms with Gasteiger partial charge < -0.3 is 4.90 Å². The first-order chi connectivity index (χ1) is 9.93. The van der Waals surface area contributed by atoms with Gasteiger partial charge >= 0.3 is 0 Å². The van der Waals surface area contributed by atoms with Gasteiger partial charge in [0, 0.05) is 6.54 Å². The molecule has 0 bridgehead atoms.